The number of nitro groups is 1. The Morgan fingerprint density at radius 2 is 1.80 bits per heavy atom. The van der Waals surface area contributed by atoms with Crippen LogP contribution in [0, 0.1) is 10.1 Å². The van der Waals surface area contributed by atoms with E-state index in [1.165, 1.54) is 6.07 Å². The lowest BCUT2D eigenvalue weighted by atomic mass is 10.1. The SMILES string of the molecule is NCCOCCOc1ccc([N+](=O)[O-])c2ccccc12. The minimum absolute atomic E-state index is 0.0762. The second-order valence-electron chi connectivity index (χ2n) is 4.14. The van der Waals surface area contributed by atoms with E-state index < -0.39 is 4.92 Å². The lowest BCUT2D eigenvalue weighted by Crippen LogP contribution is -2.13. The van der Waals surface area contributed by atoms with E-state index in [0.717, 1.165) is 5.39 Å². The summed E-state index contributed by atoms with van der Waals surface area (Å²) < 4.78 is 10.8. The average molecular weight is 276 g/mol. The minimum Gasteiger partial charge on any atom is -0.491 e. The molecule has 106 valence electrons. The molecule has 0 spiro atoms. The number of nitrogens with two attached hydrogens (primary N) is 1. The van der Waals surface area contributed by atoms with Crippen molar-refractivity contribution in [2.24, 2.45) is 5.73 Å². The first kappa shape index (κ1) is 14.2. The third-order valence-electron chi connectivity index (χ3n) is 2.81. The van der Waals surface area contributed by atoms with Gasteiger partial charge in [0.05, 0.1) is 23.5 Å². The van der Waals surface area contributed by atoms with Gasteiger partial charge in [-0.25, -0.2) is 0 Å². The fourth-order valence-corrected chi connectivity index (χ4v) is 1.94. The lowest BCUT2D eigenvalue weighted by molar-refractivity contribution is -0.383. The van der Waals surface area contributed by atoms with E-state index in [4.69, 9.17) is 15.2 Å². The summed E-state index contributed by atoms with van der Waals surface area (Å²) in [5.41, 5.74) is 5.39. The smallest absolute Gasteiger partial charge is 0.277 e. The number of rotatable bonds is 7. The van der Waals surface area contributed by atoms with Gasteiger partial charge in [0.15, 0.2) is 0 Å². The Hall–Kier alpha value is -2.18. The molecule has 0 aliphatic heterocycles. The van der Waals surface area contributed by atoms with E-state index in [1.54, 1.807) is 24.3 Å². The zero-order valence-corrected chi connectivity index (χ0v) is 11.0. The van der Waals surface area contributed by atoms with Gasteiger partial charge in [-0.2, -0.15) is 0 Å². The van der Waals surface area contributed by atoms with Gasteiger partial charge in [-0.1, -0.05) is 18.2 Å². The Morgan fingerprint density at radius 3 is 2.50 bits per heavy atom. The van der Waals surface area contributed by atoms with Crippen molar-refractivity contribution in [3.63, 3.8) is 0 Å². The topological polar surface area (TPSA) is 87.6 Å². The van der Waals surface area contributed by atoms with E-state index in [0.29, 0.717) is 37.5 Å². The Kier molecular flexibility index (Phi) is 4.86. The van der Waals surface area contributed by atoms with Crippen LogP contribution in [0.25, 0.3) is 10.8 Å². The molecule has 0 aliphatic rings. The van der Waals surface area contributed by atoms with Gasteiger partial charge in [0.2, 0.25) is 0 Å². The van der Waals surface area contributed by atoms with E-state index in [1.807, 2.05) is 6.07 Å². The molecule has 0 heterocycles. The van der Waals surface area contributed by atoms with Crippen molar-refractivity contribution in [2.75, 3.05) is 26.4 Å². The molecule has 2 rings (SSSR count). The molecule has 2 aromatic rings. The summed E-state index contributed by atoms with van der Waals surface area (Å²) in [6.45, 7) is 1.77. The fourth-order valence-electron chi connectivity index (χ4n) is 1.94. The van der Waals surface area contributed by atoms with Crippen molar-refractivity contribution in [3.05, 3.63) is 46.5 Å². The first-order valence-corrected chi connectivity index (χ1v) is 6.31. The van der Waals surface area contributed by atoms with Gasteiger partial charge in [-0.15, -0.1) is 0 Å². The van der Waals surface area contributed by atoms with E-state index >= 15 is 0 Å². The first-order valence-electron chi connectivity index (χ1n) is 6.31. The molecule has 0 radical (unpaired) electrons. The number of benzene rings is 2. The van der Waals surface area contributed by atoms with Gasteiger partial charge in [0.25, 0.3) is 5.69 Å². The van der Waals surface area contributed by atoms with Crippen molar-refractivity contribution >= 4 is 16.5 Å². The molecule has 2 N–H and O–H groups in total. The molecule has 2 aromatic carbocycles. The largest absolute Gasteiger partial charge is 0.491 e. The second kappa shape index (κ2) is 6.83. The van der Waals surface area contributed by atoms with Crippen molar-refractivity contribution in [1.82, 2.24) is 0 Å². The fraction of sp³-hybridized carbons (Fsp3) is 0.286. The highest BCUT2D eigenvalue weighted by atomic mass is 16.6. The third kappa shape index (κ3) is 3.23. The molecule has 0 saturated carbocycles. The highest BCUT2D eigenvalue weighted by Gasteiger charge is 2.14. The molecule has 0 fully saturated rings. The van der Waals surface area contributed by atoms with Crippen LogP contribution in [0.15, 0.2) is 36.4 Å². The third-order valence-corrected chi connectivity index (χ3v) is 2.81. The van der Waals surface area contributed by atoms with Gasteiger partial charge < -0.3 is 15.2 Å². The Labute approximate surface area is 116 Å². The van der Waals surface area contributed by atoms with Crippen LogP contribution in [0.2, 0.25) is 0 Å². The highest BCUT2D eigenvalue weighted by molar-refractivity contribution is 5.95. The molecular formula is C14H16N2O4. The Balaban J connectivity index is 2.18. The maximum absolute atomic E-state index is 11.0. The summed E-state index contributed by atoms with van der Waals surface area (Å²) in [6, 6.07) is 10.2. The van der Waals surface area contributed by atoms with Crippen molar-refractivity contribution < 1.29 is 14.4 Å². The minimum atomic E-state index is -0.392. The number of hydrogen-bond acceptors (Lipinski definition) is 5. The van der Waals surface area contributed by atoms with Gasteiger partial charge in [-0.05, 0) is 12.1 Å². The molecule has 0 saturated heterocycles. The normalized spacial score (nSPS) is 10.7. The number of ether oxygens (including phenoxy) is 2. The zero-order chi connectivity index (χ0) is 14.4. The van der Waals surface area contributed by atoms with Crippen LogP contribution in [0.5, 0.6) is 5.75 Å². The zero-order valence-electron chi connectivity index (χ0n) is 11.0. The number of nitrogens with zero attached hydrogens (tertiary/aromatic N) is 1. The van der Waals surface area contributed by atoms with E-state index in [2.05, 4.69) is 0 Å². The number of fused-ring (bicyclic) bond motifs is 1. The molecule has 6 heteroatoms. The van der Waals surface area contributed by atoms with Crippen molar-refractivity contribution in [1.29, 1.82) is 0 Å². The molecule has 0 unspecified atom stereocenters. The maximum atomic E-state index is 11.0. The average Bonchev–Trinajstić information content (AvgIpc) is 2.46. The van der Waals surface area contributed by atoms with Crippen molar-refractivity contribution in [3.8, 4) is 5.75 Å². The number of non-ortho nitro benzene ring substituents is 1. The summed E-state index contributed by atoms with van der Waals surface area (Å²) in [5.74, 6) is 0.613. The van der Waals surface area contributed by atoms with Gasteiger partial charge >= 0.3 is 0 Å². The first-order chi connectivity index (χ1) is 9.74. The van der Waals surface area contributed by atoms with Crippen LogP contribution in [0.3, 0.4) is 0 Å². The molecular weight excluding hydrogens is 260 g/mol. The van der Waals surface area contributed by atoms with Gasteiger partial charge in [0.1, 0.15) is 12.4 Å². The highest BCUT2D eigenvalue weighted by Crippen LogP contribution is 2.32. The van der Waals surface area contributed by atoms with E-state index in [9.17, 15) is 10.1 Å². The van der Waals surface area contributed by atoms with Gasteiger partial charge in [0, 0.05) is 18.0 Å². The van der Waals surface area contributed by atoms with Crippen LogP contribution < -0.4 is 10.5 Å². The summed E-state index contributed by atoms with van der Waals surface area (Å²) >= 11 is 0. The number of hydrogen-bond donors (Lipinski definition) is 1. The summed E-state index contributed by atoms with van der Waals surface area (Å²) in [7, 11) is 0. The number of nitro benzene ring substituents is 1. The standard InChI is InChI=1S/C14H16N2O4/c15-7-8-19-9-10-20-14-6-5-13(16(17)18)11-3-1-2-4-12(11)14/h1-6H,7-10,15H2. The predicted molar refractivity (Wildman–Crippen MR) is 76.0 cm³/mol. The van der Waals surface area contributed by atoms with Crippen LogP contribution >= 0.6 is 0 Å². The summed E-state index contributed by atoms with van der Waals surface area (Å²) in [5, 5.41) is 12.3. The van der Waals surface area contributed by atoms with Crippen LogP contribution in [-0.4, -0.2) is 31.3 Å². The predicted octanol–water partition coefficient (Wildman–Crippen LogP) is 2.10. The molecule has 0 amide bonds. The van der Waals surface area contributed by atoms with Crippen LogP contribution in [0.1, 0.15) is 0 Å². The second-order valence-corrected chi connectivity index (χ2v) is 4.14. The molecule has 0 aromatic heterocycles. The van der Waals surface area contributed by atoms with E-state index in [-0.39, 0.29) is 5.69 Å². The van der Waals surface area contributed by atoms with Gasteiger partial charge in [-0.3, -0.25) is 10.1 Å². The Bertz CT molecular complexity index is 601. The summed E-state index contributed by atoms with van der Waals surface area (Å²) in [4.78, 5) is 10.6. The lowest BCUT2D eigenvalue weighted by Gasteiger charge is -2.09. The van der Waals surface area contributed by atoms with Crippen LogP contribution in [0.4, 0.5) is 5.69 Å². The molecule has 0 atom stereocenters. The molecule has 0 bridgehead atoms. The quantitative estimate of drug-likeness (QED) is 0.475. The molecule has 20 heavy (non-hydrogen) atoms. The summed E-state index contributed by atoms with van der Waals surface area (Å²) in [6.07, 6.45) is 0. The Morgan fingerprint density at radius 1 is 1.05 bits per heavy atom. The van der Waals surface area contributed by atoms with Crippen molar-refractivity contribution in [2.45, 2.75) is 0 Å². The van der Waals surface area contributed by atoms with Crippen LogP contribution in [-0.2, 0) is 4.74 Å². The monoisotopic (exact) mass is 276 g/mol. The molecule has 0 aliphatic carbocycles. The molecule has 6 nitrogen and oxygen atoms in total. The maximum Gasteiger partial charge on any atom is 0.277 e.